The summed E-state index contributed by atoms with van der Waals surface area (Å²) in [6.45, 7) is 0.345. The normalized spacial score (nSPS) is 11.8. The summed E-state index contributed by atoms with van der Waals surface area (Å²) in [5.74, 6) is -0.926. The van der Waals surface area contributed by atoms with Crippen molar-refractivity contribution in [1.29, 1.82) is 0 Å². The lowest BCUT2D eigenvalue weighted by Crippen LogP contribution is -2.28. The Morgan fingerprint density at radius 1 is 1.06 bits per heavy atom. The maximum atomic E-state index is 13.1. The van der Waals surface area contributed by atoms with E-state index in [1.54, 1.807) is 67.8 Å². The number of para-hydroxylation sites is 1. The quantitative estimate of drug-likeness (QED) is 0.377. The van der Waals surface area contributed by atoms with E-state index in [0.717, 1.165) is 5.56 Å². The lowest BCUT2D eigenvalue weighted by molar-refractivity contribution is -0.121. The van der Waals surface area contributed by atoms with Gasteiger partial charge in [-0.1, -0.05) is 36.4 Å². The Morgan fingerprint density at radius 3 is 2.47 bits per heavy atom. The van der Waals surface area contributed by atoms with Gasteiger partial charge < -0.3 is 19.6 Å². The standard InChI is InChI=1S/C27H24FNO5/c1-33-20-12-8-18(9-13-20)22(16-24(30)29-15-14-17-6-10-19(28)11-7-17)25-26(31)21-4-2-3-5-23(21)34-27(25)32/h2-13,22,31H,14-16H2,1H3,(H,29,30). The van der Waals surface area contributed by atoms with Gasteiger partial charge in [-0.3, -0.25) is 4.79 Å². The van der Waals surface area contributed by atoms with Crippen LogP contribution in [0.15, 0.2) is 82.0 Å². The molecule has 0 saturated carbocycles. The highest BCUT2D eigenvalue weighted by atomic mass is 19.1. The Labute approximate surface area is 195 Å². The number of carbonyl (C=O) groups is 1. The second kappa shape index (κ2) is 10.2. The minimum absolute atomic E-state index is 0.0255. The summed E-state index contributed by atoms with van der Waals surface area (Å²) in [6.07, 6.45) is 0.453. The van der Waals surface area contributed by atoms with Crippen LogP contribution in [0.25, 0.3) is 11.0 Å². The Morgan fingerprint density at radius 2 is 1.76 bits per heavy atom. The largest absolute Gasteiger partial charge is 0.507 e. The van der Waals surface area contributed by atoms with Crippen LogP contribution in [0, 0.1) is 5.82 Å². The molecule has 0 aliphatic rings. The summed E-state index contributed by atoms with van der Waals surface area (Å²) in [4.78, 5) is 25.7. The first-order valence-electron chi connectivity index (χ1n) is 10.9. The number of fused-ring (bicyclic) bond motifs is 1. The van der Waals surface area contributed by atoms with E-state index in [0.29, 0.717) is 29.7 Å². The highest BCUT2D eigenvalue weighted by molar-refractivity contribution is 5.85. The van der Waals surface area contributed by atoms with Crippen molar-refractivity contribution >= 4 is 16.9 Å². The number of nitrogens with one attached hydrogen (secondary N) is 1. The lowest BCUT2D eigenvalue weighted by Gasteiger charge is -2.19. The van der Waals surface area contributed by atoms with E-state index < -0.39 is 11.5 Å². The molecule has 0 bridgehead atoms. The van der Waals surface area contributed by atoms with E-state index in [1.165, 1.54) is 12.1 Å². The third-order valence-electron chi connectivity index (χ3n) is 5.73. The Kier molecular flexibility index (Phi) is 6.92. The number of benzene rings is 3. The SMILES string of the molecule is COc1ccc(C(CC(=O)NCCc2ccc(F)cc2)c2c(O)c3ccccc3oc2=O)cc1. The summed E-state index contributed by atoms with van der Waals surface area (Å²) >= 11 is 0. The van der Waals surface area contributed by atoms with E-state index in [4.69, 9.17) is 9.15 Å². The summed E-state index contributed by atoms with van der Waals surface area (Å²) in [7, 11) is 1.55. The first kappa shape index (κ1) is 23.0. The van der Waals surface area contributed by atoms with Gasteiger partial charge in [0, 0.05) is 18.9 Å². The Balaban J connectivity index is 1.61. The van der Waals surface area contributed by atoms with Crippen molar-refractivity contribution in [3.63, 3.8) is 0 Å². The summed E-state index contributed by atoms with van der Waals surface area (Å²) in [5.41, 5.74) is 1.15. The average Bonchev–Trinajstić information content (AvgIpc) is 2.85. The minimum atomic E-state index is -0.738. The lowest BCUT2D eigenvalue weighted by atomic mass is 9.88. The highest BCUT2D eigenvalue weighted by Crippen LogP contribution is 2.36. The molecule has 4 aromatic rings. The van der Waals surface area contributed by atoms with Crippen LogP contribution in [-0.4, -0.2) is 24.7 Å². The van der Waals surface area contributed by atoms with Gasteiger partial charge in [-0.2, -0.15) is 0 Å². The van der Waals surface area contributed by atoms with Crippen molar-refractivity contribution in [3.05, 3.63) is 106 Å². The molecule has 0 spiro atoms. The molecule has 2 N–H and O–H groups in total. The number of halogens is 1. The van der Waals surface area contributed by atoms with Crippen molar-refractivity contribution in [2.24, 2.45) is 0 Å². The van der Waals surface area contributed by atoms with E-state index >= 15 is 0 Å². The maximum Gasteiger partial charge on any atom is 0.343 e. The molecule has 1 amide bonds. The molecule has 3 aromatic carbocycles. The predicted octanol–water partition coefficient (Wildman–Crippen LogP) is 4.53. The fourth-order valence-electron chi connectivity index (χ4n) is 3.93. The van der Waals surface area contributed by atoms with E-state index in [1.807, 2.05) is 0 Å². The van der Waals surface area contributed by atoms with Crippen LogP contribution in [0.2, 0.25) is 0 Å². The first-order chi connectivity index (χ1) is 16.5. The maximum absolute atomic E-state index is 13.1. The zero-order valence-electron chi connectivity index (χ0n) is 18.6. The van der Waals surface area contributed by atoms with Gasteiger partial charge in [-0.15, -0.1) is 0 Å². The average molecular weight is 461 g/mol. The summed E-state index contributed by atoms with van der Waals surface area (Å²) in [5, 5.41) is 14.2. The molecule has 0 fully saturated rings. The van der Waals surface area contributed by atoms with Gasteiger partial charge in [0.25, 0.3) is 0 Å². The molecule has 4 rings (SSSR count). The molecule has 174 valence electrons. The van der Waals surface area contributed by atoms with E-state index in [9.17, 15) is 19.1 Å². The molecule has 1 atom stereocenters. The number of aromatic hydroxyl groups is 1. The zero-order chi connectivity index (χ0) is 24.1. The van der Waals surface area contributed by atoms with Gasteiger partial charge in [-0.25, -0.2) is 9.18 Å². The zero-order valence-corrected chi connectivity index (χ0v) is 18.6. The monoisotopic (exact) mass is 461 g/mol. The second-order valence-electron chi connectivity index (χ2n) is 7.90. The molecule has 1 aromatic heterocycles. The van der Waals surface area contributed by atoms with E-state index in [2.05, 4.69) is 5.32 Å². The number of amides is 1. The number of carbonyl (C=O) groups excluding carboxylic acids is 1. The smallest absolute Gasteiger partial charge is 0.343 e. The molecule has 1 unspecified atom stereocenters. The second-order valence-corrected chi connectivity index (χ2v) is 7.90. The molecule has 1 heterocycles. The molecular formula is C27H24FNO5. The number of methoxy groups -OCH3 is 1. The third-order valence-corrected chi connectivity index (χ3v) is 5.73. The van der Waals surface area contributed by atoms with Gasteiger partial charge in [0.1, 0.15) is 22.9 Å². The first-order valence-corrected chi connectivity index (χ1v) is 10.9. The summed E-state index contributed by atoms with van der Waals surface area (Å²) < 4.78 is 23.7. The van der Waals surface area contributed by atoms with Crippen molar-refractivity contribution in [1.82, 2.24) is 5.32 Å². The molecule has 0 aliphatic heterocycles. The molecule has 7 heteroatoms. The fraction of sp³-hybridized carbons (Fsp3) is 0.185. The van der Waals surface area contributed by atoms with Gasteiger partial charge >= 0.3 is 5.63 Å². The van der Waals surface area contributed by atoms with Crippen LogP contribution in [0.5, 0.6) is 11.5 Å². The minimum Gasteiger partial charge on any atom is -0.507 e. The topological polar surface area (TPSA) is 88.8 Å². The molecule has 6 nitrogen and oxygen atoms in total. The van der Waals surface area contributed by atoms with Crippen molar-refractivity contribution in [2.75, 3.05) is 13.7 Å². The Hall–Kier alpha value is -4.13. The van der Waals surface area contributed by atoms with Gasteiger partial charge in [0.05, 0.1) is 18.1 Å². The van der Waals surface area contributed by atoms with Crippen LogP contribution >= 0.6 is 0 Å². The van der Waals surface area contributed by atoms with Crippen LogP contribution in [0.3, 0.4) is 0 Å². The van der Waals surface area contributed by atoms with Gasteiger partial charge in [0.2, 0.25) is 5.91 Å². The van der Waals surface area contributed by atoms with Gasteiger partial charge in [0.15, 0.2) is 0 Å². The highest BCUT2D eigenvalue weighted by Gasteiger charge is 2.27. The van der Waals surface area contributed by atoms with Crippen molar-refractivity contribution < 1.29 is 23.4 Å². The van der Waals surface area contributed by atoms with Crippen molar-refractivity contribution in [3.8, 4) is 11.5 Å². The number of ether oxygens (including phenoxy) is 1. The summed E-state index contributed by atoms with van der Waals surface area (Å²) in [6, 6.07) is 19.7. The van der Waals surface area contributed by atoms with Crippen LogP contribution in [-0.2, 0) is 11.2 Å². The third kappa shape index (κ3) is 5.09. The van der Waals surface area contributed by atoms with Crippen LogP contribution in [0.1, 0.15) is 29.0 Å². The molecule has 0 saturated heterocycles. The van der Waals surface area contributed by atoms with Crippen LogP contribution in [0.4, 0.5) is 4.39 Å². The van der Waals surface area contributed by atoms with E-state index in [-0.39, 0.29) is 35.0 Å². The number of rotatable bonds is 8. The molecule has 34 heavy (non-hydrogen) atoms. The number of hydrogen-bond donors (Lipinski definition) is 2. The Bertz CT molecular complexity index is 1350. The van der Waals surface area contributed by atoms with Crippen molar-refractivity contribution in [2.45, 2.75) is 18.8 Å². The fourth-order valence-corrected chi connectivity index (χ4v) is 3.93. The number of hydrogen-bond acceptors (Lipinski definition) is 5. The van der Waals surface area contributed by atoms with Crippen LogP contribution < -0.4 is 15.7 Å². The predicted molar refractivity (Wildman–Crippen MR) is 127 cm³/mol. The van der Waals surface area contributed by atoms with Gasteiger partial charge in [-0.05, 0) is 53.9 Å². The molecule has 0 radical (unpaired) electrons. The molecular weight excluding hydrogens is 437 g/mol. The molecule has 0 aliphatic carbocycles.